The predicted octanol–water partition coefficient (Wildman–Crippen LogP) is 1.80. The minimum absolute atomic E-state index is 0.628. The minimum Gasteiger partial charge on any atom is -0.399 e. The summed E-state index contributed by atoms with van der Waals surface area (Å²) in [4.78, 5) is 0.798. The van der Waals surface area contributed by atoms with E-state index in [0.717, 1.165) is 11.3 Å². The number of hydrogen-bond donors (Lipinski definition) is 1. The highest BCUT2D eigenvalue weighted by Crippen LogP contribution is 2.11. The van der Waals surface area contributed by atoms with Crippen molar-refractivity contribution in [2.75, 3.05) is 24.7 Å². The highest BCUT2D eigenvalue weighted by molar-refractivity contribution is 7.85. The summed E-state index contributed by atoms with van der Waals surface area (Å²) in [5, 5.41) is 0. The molecule has 3 nitrogen and oxygen atoms in total. The van der Waals surface area contributed by atoms with Crippen molar-refractivity contribution in [2.24, 2.45) is 0 Å². The van der Waals surface area contributed by atoms with E-state index in [-0.39, 0.29) is 0 Å². The molecular weight excluding hydrogens is 210 g/mol. The van der Waals surface area contributed by atoms with Crippen molar-refractivity contribution in [1.29, 1.82) is 0 Å². The second-order valence-corrected chi connectivity index (χ2v) is 4.74. The summed E-state index contributed by atoms with van der Waals surface area (Å²) in [5.74, 6) is 0.628. The van der Waals surface area contributed by atoms with E-state index in [1.807, 2.05) is 19.1 Å². The van der Waals surface area contributed by atoms with Gasteiger partial charge in [0.1, 0.15) is 0 Å². The van der Waals surface area contributed by atoms with Crippen LogP contribution in [-0.2, 0) is 15.5 Å². The van der Waals surface area contributed by atoms with Crippen LogP contribution < -0.4 is 5.73 Å². The number of nitrogen functional groups attached to an aromatic ring is 1. The fraction of sp³-hybridized carbons (Fsp3) is 0.455. The van der Waals surface area contributed by atoms with Gasteiger partial charge in [0, 0.05) is 29.5 Å². The zero-order valence-electron chi connectivity index (χ0n) is 8.94. The first kappa shape index (κ1) is 12.2. The molecule has 2 N–H and O–H groups in total. The van der Waals surface area contributed by atoms with Gasteiger partial charge in [0.2, 0.25) is 0 Å². The summed E-state index contributed by atoms with van der Waals surface area (Å²) < 4.78 is 16.9. The molecule has 0 aliphatic rings. The average Bonchev–Trinajstić information content (AvgIpc) is 2.24. The Morgan fingerprint density at radius 1 is 1.47 bits per heavy atom. The van der Waals surface area contributed by atoms with E-state index in [2.05, 4.69) is 0 Å². The molecule has 0 heterocycles. The van der Waals surface area contributed by atoms with Gasteiger partial charge in [-0.05, 0) is 31.5 Å². The third-order valence-corrected chi connectivity index (χ3v) is 3.38. The van der Waals surface area contributed by atoms with Crippen LogP contribution in [0, 0.1) is 0 Å². The number of ether oxygens (including phenoxy) is 1. The van der Waals surface area contributed by atoms with Crippen LogP contribution in [0.1, 0.15) is 13.3 Å². The molecule has 0 fully saturated rings. The van der Waals surface area contributed by atoms with E-state index in [9.17, 15) is 4.21 Å². The summed E-state index contributed by atoms with van der Waals surface area (Å²) in [6.45, 7) is 3.34. The first-order valence-electron chi connectivity index (χ1n) is 5.05. The zero-order chi connectivity index (χ0) is 11.1. The smallest absolute Gasteiger partial charge is 0.0531 e. The SMILES string of the molecule is CCOCCCS(=O)c1cccc(N)c1. The molecule has 0 radical (unpaired) electrons. The lowest BCUT2D eigenvalue weighted by Crippen LogP contribution is -2.03. The third-order valence-electron chi connectivity index (χ3n) is 1.94. The standard InChI is InChI=1S/C11H17NO2S/c1-2-14-7-4-8-15(13)11-6-3-5-10(12)9-11/h3,5-6,9H,2,4,7-8,12H2,1H3. The number of hydrogen-bond acceptors (Lipinski definition) is 3. The fourth-order valence-corrected chi connectivity index (χ4v) is 2.32. The van der Waals surface area contributed by atoms with Gasteiger partial charge in [-0.1, -0.05) is 6.07 Å². The second kappa shape index (κ2) is 6.58. The van der Waals surface area contributed by atoms with E-state index in [1.54, 1.807) is 12.1 Å². The summed E-state index contributed by atoms with van der Waals surface area (Å²) in [6, 6.07) is 7.22. The van der Waals surface area contributed by atoms with Crippen molar-refractivity contribution >= 4 is 16.5 Å². The molecule has 0 spiro atoms. The Bertz CT molecular complexity index is 328. The molecule has 1 aromatic rings. The molecule has 0 saturated heterocycles. The van der Waals surface area contributed by atoms with Gasteiger partial charge in [-0.3, -0.25) is 4.21 Å². The Morgan fingerprint density at radius 3 is 2.93 bits per heavy atom. The van der Waals surface area contributed by atoms with Crippen LogP contribution >= 0.6 is 0 Å². The average molecular weight is 227 g/mol. The lowest BCUT2D eigenvalue weighted by Gasteiger charge is -2.03. The van der Waals surface area contributed by atoms with Crippen LogP contribution in [0.3, 0.4) is 0 Å². The molecule has 1 atom stereocenters. The van der Waals surface area contributed by atoms with Crippen molar-refractivity contribution in [2.45, 2.75) is 18.2 Å². The van der Waals surface area contributed by atoms with Crippen molar-refractivity contribution in [3.8, 4) is 0 Å². The molecule has 0 saturated carbocycles. The summed E-state index contributed by atoms with van der Waals surface area (Å²) in [7, 11) is -0.957. The predicted molar refractivity (Wildman–Crippen MR) is 63.2 cm³/mol. The molecule has 4 heteroatoms. The normalized spacial score (nSPS) is 12.6. The maximum Gasteiger partial charge on any atom is 0.0531 e. The maximum atomic E-state index is 11.8. The third kappa shape index (κ3) is 4.44. The molecule has 84 valence electrons. The molecule has 1 rings (SSSR count). The molecule has 0 bridgehead atoms. The zero-order valence-corrected chi connectivity index (χ0v) is 9.76. The maximum absolute atomic E-state index is 11.8. The minimum atomic E-state index is -0.957. The lowest BCUT2D eigenvalue weighted by molar-refractivity contribution is 0.149. The molecule has 0 amide bonds. The van der Waals surface area contributed by atoms with Crippen LogP contribution in [0.4, 0.5) is 5.69 Å². The Kier molecular flexibility index (Phi) is 5.36. The first-order chi connectivity index (χ1) is 7.24. The van der Waals surface area contributed by atoms with Crippen LogP contribution in [0.2, 0.25) is 0 Å². The molecular formula is C11H17NO2S. The Labute approximate surface area is 93.1 Å². The summed E-state index contributed by atoms with van der Waals surface area (Å²) in [6.07, 6.45) is 0.815. The van der Waals surface area contributed by atoms with E-state index in [0.29, 0.717) is 24.7 Å². The Morgan fingerprint density at radius 2 is 2.27 bits per heavy atom. The highest BCUT2D eigenvalue weighted by atomic mass is 32.2. The van der Waals surface area contributed by atoms with Gasteiger partial charge in [0.25, 0.3) is 0 Å². The van der Waals surface area contributed by atoms with Gasteiger partial charge >= 0.3 is 0 Å². The topological polar surface area (TPSA) is 52.3 Å². The number of rotatable bonds is 6. The molecule has 1 unspecified atom stereocenters. The molecule has 0 aliphatic heterocycles. The van der Waals surface area contributed by atoms with Crippen LogP contribution in [-0.4, -0.2) is 23.2 Å². The number of anilines is 1. The monoisotopic (exact) mass is 227 g/mol. The van der Waals surface area contributed by atoms with Crippen molar-refractivity contribution in [3.05, 3.63) is 24.3 Å². The first-order valence-corrected chi connectivity index (χ1v) is 6.37. The van der Waals surface area contributed by atoms with Gasteiger partial charge in [-0.2, -0.15) is 0 Å². The summed E-state index contributed by atoms with van der Waals surface area (Å²) >= 11 is 0. The fourth-order valence-electron chi connectivity index (χ4n) is 1.21. The van der Waals surface area contributed by atoms with E-state index >= 15 is 0 Å². The van der Waals surface area contributed by atoms with Gasteiger partial charge in [0.15, 0.2) is 0 Å². The summed E-state index contributed by atoms with van der Waals surface area (Å²) in [5.41, 5.74) is 6.27. The Balaban J connectivity index is 2.40. The quantitative estimate of drug-likeness (QED) is 0.595. The second-order valence-electron chi connectivity index (χ2n) is 3.17. The highest BCUT2D eigenvalue weighted by Gasteiger charge is 2.03. The molecule has 1 aromatic carbocycles. The molecule has 0 aliphatic carbocycles. The van der Waals surface area contributed by atoms with Crippen molar-refractivity contribution in [3.63, 3.8) is 0 Å². The van der Waals surface area contributed by atoms with Gasteiger partial charge in [-0.25, -0.2) is 0 Å². The lowest BCUT2D eigenvalue weighted by atomic mass is 10.3. The Hall–Kier alpha value is -0.870. The van der Waals surface area contributed by atoms with Crippen LogP contribution in [0.25, 0.3) is 0 Å². The van der Waals surface area contributed by atoms with E-state index in [4.69, 9.17) is 10.5 Å². The van der Waals surface area contributed by atoms with Gasteiger partial charge in [-0.15, -0.1) is 0 Å². The van der Waals surface area contributed by atoms with E-state index < -0.39 is 10.8 Å². The van der Waals surface area contributed by atoms with Crippen molar-refractivity contribution < 1.29 is 8.95 Å². The largest absolute Gasteiger partial charge is 0.399 e. The number of benzene rings is 1. The van der Waals surface area contributed by atoms with Gasteiger partial charge in [0.05, 0.1) is 10.8 Å². The molecule has 0 aromatic heterocycles. The van der Waals surface area contributed by atoms with Crippen LogP contribution in [0.5, 0.6) is 0 Å². The van der Waals surface area contributed by atoms with E-state index in [1.165, 1.54) is 0 Å². The number of nitrogens with two attached hydrogens (primary N) is 1. The molecule has 15 heavy (non-hydrogen) atoms. The van der Waals surface area contributed by atoms with Crippen molar-refractivity contribution in [1.82, 2.24) is 0 Å². The van der Waals surface area contributed by atoms with Gasteiger partial charge < -0.3 is 10.5 Å². The van der Waals surface area contributed by atoms with Crippen LogP contribution in [0.15, 0.2) is 29.2 Å².